The molecule has 0 aliphatic heterocycles. The summed E-state index contributed by atoms with van der Waals surface area (Å²) >= 11 is 1.59. The number of nitrogens with zero attached hydrogens (tertiary/aromatic N) is 2. The van der Waals surface area contributed by atoms with Crippen LogP contribution in [0.25, 0.3) is 11.0 Å². The van der Waals surface area contributed by atoms with Crippen molar-refractivity contribution in [3.05, 3.63) is 48.0 Å². The van der Waals surface area contributed by atoms with Gasteiger partial charge in [0.2, 0.25) is 10.0 Å². The average Bonchev–Trinajstić information content (AvgIpc) is 2.97. The van der Waals surface area contributed by atoms with Crippen molar-refractivity contribution in [2.45, 2.75) is 36.2 Å². The molecule has 0 aliphatic rings. The molecule has 0 spiro atoms. The zero-order valence-electron chi connectivity index (χ0n) is 14.7. The Labute approximate surface area is 157 Å². The molecule has 0 unspecified atom stereocenters. The van der Waals surface area contributed by atoms with Gasteiger partial charge >= 0.3 is 0 Å². The number of benzene rings is 2. The van der Waals surface area contributed by atoms with Crippen molar-refractivity contribution in [2.75, 3.05) is 6.61 Å². The summed E-state index contributed by atoms with van der Waals surface area (Å²) in [6, 6.07) is 12.7. The molecule has 2 aromatic carbocycles. The Kier molecular flexibility index (Phi) is 5.55. The van der Waals surface area contributed by atoms with Gasteiger partial charge in [-0.05, 0) is 38.1 Å². The molecular weight excluding hydrogens is 370 g/mol. The number of hydrogen-bond donors (Lipinski definition) is 1. The van der Waals surface area contributed by atoms with Gasteiger partial charge in [0, 0.05) is 17.9 Å². The summed E-state index contributed by atoms with van der Waals surface area (Å²) in [7, 11) is -3.74. The standard InChI is InChI=1S/C18H21N3O3S2/c1-3-21-16-10-9-14(26(19,22)23)11-15(16)20-18(21)25-12-13-7-5-6-8-17(13)24-4-2/h5-11H,3-4,12H2,1-2H3,(H2,19,22,23). The van der Waals surface area contributed by atoms with E-state index in [4.69, 9.17) is 9.88 Å². The number of para-hydroxylation sites is 1. The van der Waals surface area contributed by atoms with Crippen LogP contribution in [-0.4, -0.2) is 24.6 Å². The molecular formula is C18H21N3O3S2. The monoisotopic (exact) mass is 391 g/mol. The summed E-state index contributed by atoms with van der Waals surface area (Å²) < 4.78 is 30.9. The third-order valence-corrected chi connectivity index (χ3v) is 5.89. The zero-order chi connectivity index (χ0) is 18.7. The number of sulfonamides is 1. The van der Waals surface area contributed by atoms with Crippen molar-refractivity contribution in [1.29, 1.82) is 0 Å². The second-order valence-electron chi connectivity index (χ2n) is 5.66. The van der Waals surface area contributed by atoms with Crippen LogP contribution in [0.5, 0.6) is 5.75 Å². The lowest BCUT2D eigenvalue weighted by molar-refractivity contribution is 0.337. The Bertz CT molecular complexity index is 1030. The van der Waals surface area contributed by atoms with Gasteiger partial charge in [0.05, 0.1) is 22.5 Å². The minimum absolute atomic E-state index is 0.0731. The van der Waals surface area contributed by atoms with Gasteiger partial charge in [-0.25, -0.2) is 18.5 Å². The van der Waals surface area contributed by atoms with E-state index in [-0.39, 0.29) is 4.90 Å². The number of hydrogen-bond acceptors (Lipinski definition) is 5. The smallest absolute Gasteiger partial charge is 0.238 e. The molecule has 0 fully saturated rings. The van der Waals surface area contributed by atoms with Crippen molar-refractivity contribution in [3.8, 4) is 5.75 Å². The highest BCUT2D eigenvalue weighted by Crippen LogP contribution is 2.30. The summed E-state index contributed by atoms with van der Waals surface area (Å²) in [4.78, 5) is 4.69. The summed E-state index contributed by atoms with van der Waals surface area (Å²) in [6.45, 7) is 5.35. The largest absolute Gasteiger partial charge is 0.494 e. The fraction of sp³-hybridized carbons (Fsp3) is 0.278. The van der Waals surface area contributed by atoms with Crippen molar-refractivity contribution >= 4 is 32.8 Å². The average molecular weight is 392 g/mol. The van der Waals surface area contributed by atoms with Gasteiger partial charge in [-0.3, -0.25) is 0 Å². The first-order valence-corrected chi connectivity index (χ1v) is 10.8. The molecule has 1 aromatic heterocycles. The number of aryl methyl sites for hydroxylation is 1. The number of imidazole rings is 1. The van der Waals surface area contributed by atoms with Crippen LogP contribution in [0, 0.1) is 0 Å². The van der Waals surface area contributed by atoms with E-state index in [2.05, 4.69) is 9.55 Å². The lowest BCUT2D eigenvalue weighted by atomic mass is 10.2. The number of fused-ring (bicyclic) bond motifs is 1. The highest BCUT2D eigenvalue weighted by atomic mass is 32.2. The van der Waals surface area contributed by atoms with Gasteiger partial charge in [0.25, 0.3) is 0 Å². The summed E-state index contributed by atoms with van der Waals surface area (Å²) in [5, 5.41) is 6.06. The molecule has 2 N–H and O–H groups in total. The third kappa shape index (κ3) is 3.87. The molecule has 8 heteroatoms. The van der Waals surface area contributed by atoms with E-state index >= 15 is 0 Å². The van der Waals surface area contributed by atoms with Crippen molar-refractivity contribution in [3.63, 3.8) is 0 Å². The first-order chi connectivity index (χ1) is 12.4. The van der Waals surface area contributed by atoms with Gasteiger partial charge < -0.3 is 9.30 Å². The third-order valence-electron chi connectivity index (χ3n) is 3.96. The van der Waals surface area contributed by atoms with Crippen LogP contribution < -0.4 is 9.88 Å². The van der Waals surface area contributed by atoms with Crippen LogP contribution in [0.1, 0.15) is 19.4 Å². The van der Waals surface area contributed by atoms with Crippen LogP contribution in [0.3, 0.4) is 0 Å². The maximum atomic E-state index is 11.6. The SMILES string of the molecule is CCOc1ccccc1CSc1nc2cc(S(N)(=O)=O)ccc2n1CC. The number of aromatic nitrogens is 2. The molecule has 0 atom stereocenters. The van der Waals surface area contributed by atoms with E-state index in [0.29, 0.717) is 17.9 Å². The Morgan fingerprint density at radius 2 is 1.96 bits per heavy atom. The van der Waals surface area contributed by atoms with Gasteiger partial charge in [-0.15, -0.1) is 0 Å². The van der Waals surface area contributed by atoms with E-state index in [1.54, 1.807) is 17.8 Å². The molecule has 0 aliphatic carbocycles. The summed E-state index contributed by atoms with van der Waals surface area (Å²) in [5.74, 6) is 1.58. The Balaban J connectivity index is 1.93. The Morgan fingerprint density at radius 1 is 1.19 bits per heavy atom. The Morgan fingerprint density at radius 3 is 2.65 bits per heavy atom. The summed E-state index contributed by atoms with van der Waals surface area (Å²) in [6.07, 6.45) is 0. The molecule has 0 saturated heterocycles. The fourth-order valence-electron chi connectivity index (χ4n) is 2.74. The van der Waals surface area contributed by atoms with Crippen molar-refractivity contribution in [1.82, 2.24) is 9.55 Å². The molecule has 0 saturated carbocycles. The fourth-order valence-corrected chi connectivity index (χ4v) is 4.34. The lowest BCUT2D eigenvalue weighted by Crippen LogP contribution is -2.11. The Hall–Kier alpha value is -2.03. The second kappa shape index (κ2) is 7.69. The maximum absolute atomic E-state index is 11.6. The quantitative estimate of drug-likeness (QED) is 0.624. The predicted molar refractivity (Wildman–Crippen MR) is 104 cm³/mol. The highest BCUT2D eigenvalue weighted by Gasteiger charge is 2.15. The zero-order valence-corrected chi connectivity index (χ0v) is 16.3. The van der Waals surface area contributed by atoms with Crippen LogP contribution in [0.2, 0.25) is 0 Å². The molecule has 6 nitrogen and oxygen atoms in total. The minimum Gasteiger partial charge on any atom is -0.494 e. The van der Waals surface area contributed by atoms with Crippen molar-refractivity contribution in [2.24, 2.45) is 5.14 Å². The van der Waals surface area contributed by atoms with E-state index in [0.717, 1.165) is 28.5 Å². The maximum Gasteiger partial charge on any atom is 0.238 e. The molecule has 3 rings (SSSR count). The van der Waals surface area contributed by atoms with Crippen LogP contribution in [-0.2, 0) is 22.3 Å². The minimum atomic E-state index is -3.74. The van der Waals surface area contributed by atoms with Crippen LogP contribution in [0.15, 0.2) is 52.5 Å². The van der Waals surface area contributed by atoms with Gasteiger partial charge in [-0.1, -0.05) is 30.0 Å². The van der Waals surface area contributed by atoms with Gasteiger partial charge in [0.15, 0.2) is 5.16 Å². The van der Waals surface area contributed by atoms with Gasteiger partial charge in [-0.2, -0.15) is 0 Å². The van der Waals surface area contributed by atoms with Crippen LogP contribution in [0.4, 0.5) is 0 Å². The lowest BCUT2D eigenvalue weighted by Gasteiger charge is -2.10. The first-order valence-electron chi connectivity index (χ1n) is 8.30. The molecule has 3 aromatic rings. The number of primary sulfonamides is 1. The predicted octanol–water partition coefficient (Wildman–Crippen LogP) is 3.39. The van der Waals surface area contributed by atoms with E-state index in [1.165, 1.54) is 12.1 Å². The highest BCUT2D eigenvalue weighted by molar-refractivity contribution is 7.98. The second-order valence-corrected chi connectivity index (χ2v) is 8.17. The topological polar surface area (TPSA) is 87.2 Å². The number of rotatable bonds is 7. The first kappa shape index (κ1) is 18.8. The number of ether oxygens (including phenoxy) is 1. The molecule has 0 radical (unpaired) electrons. The van der Waals surface area contributed by atoms with Crippen LogP contribution >= 0.6 is 11.8 Å². The molecule has 138 valence electrons. The number of nitrogens with two attached hydrogens (primary N) is 1. The normalized spacial score (nSPS) is 11.8. The molecule has 1 heterocycles. The molecule has 0 amide bonds. The van der Waals surface area contributed by atoms with E-state index < -0.39 is 10.0 Å². The summed E-state index contributed by atoms with van der Waals surface area (Å²) in [5.41, 5.74) is 2.61. The van der Waals surface area contributed by atoms with Crippen molar-refractivity contribution < 1.29 is 13.2 Å². The molecule has 0 bridgehead atoms. The van der Waals surface area contributed by atoms with E-state index in [9.17, 15) is 8.42 Å². The molecule has 26 heavy (non-hydrogen) atoms. The number of thioether (sulfide) groups is 1. The van der Waals surface area contributed by atoms with Gasteiger partial charge in [0.1, 0.15) is 5.75 Å². The van der Waals surface area contributed by atoms with E-state index in [1.807, 2.05) is 38.1 Å².